The molecule has 0 atom stereocenters. The zero-order chi connectivity index (χ0) is 31.0. The maximum atomic E-state index is 5.39. The number of unbranched alkanes of at least 4 members (excludes halogenated alkanes) is 1. The summed E-state index contributed by atoms with van der Waals surface area (Å²) >= 11 is 0. The highest BCUT2D eigenvalue weighted by atomic mass is 15.0. The van der Waals surface area contributed by atoms with Crippen LogP contribution in [-0.4, -0.2) is 66.1 Å². The van der Waals surface area contributed by atoms with Crippen molar-refractivity contribution >= 4 is 35.9 Å². The Morgan fingerprint density at radius 1 is 0.524 bits per heavy atom. The summed E-state index contributed by atoms with van der Waals surface area (Å²) in [5.41, 5.74) is 46.6. The quantitative estimate of drug-likeness (QED) is 0.101. The SMILES string of the molecule is NC/C=C/c1cnc(N)[nH]1.NCC/C=C/c1cnc(N)[nH]1.NCCCCc1cnc(N)[nH]1.NCCCc1cnc(N)[nH]1. The number of imidazole rings is 4. The van der Waals surface area contributed by atoms with Crippen molar-refractivity contribution in [1.82, 2.24) is 39.9 Å². The van der Waals surface area contributed by atoms with Crippen molar-refractivity contribution in [2.75, 3.05) is 49.1 Å². The number of aromatic nitrogens is 8. The van der Waals surface area contributed by atoms with Crippen LogP contribution in [0.4, 0.5) is 23.8 Å². The Morgan fingerprint density at radius 3 is 1.36 bits per heavy atom. The Morgan fingerprint density at radius 2 is 0.976 bits per heavy atom. The summed E-state index contributed by atoms with van der Waals surface area (Å²) in [6.07, 6.45) is 20.3. The van der Waals surface area contributed by atoms with Gasteiger partial charge in [0.05, 0.1) is 36.2 Å². The minimum Gasteiger partial charge on any atom is -0.369 e. The Labute approximate surface area is 246 Å². The minimum atomic E-state index is 0.427. The lowest BCUT2D eigenvalue weighted by atomic mass is 10.2. The Kier molecular flexibility index (Phi) is 18.6. The molecule has 4 aromatic rings. The van der Waals surface area contributed by atoms with Gasteiger partial charge in [-0.05, 0) is 70.3 Å². The largest absolute Gasteiger partial charge is 0.369 e. The average molecular weight is 585 g/mol. The maximum Gasteiger partial charge on any atom is 0.197 e. The van der Waals surface area contributed by atoms with E-state index in [9.17, 15) is 0 Å². The molecule has 0 amide bonds. The smallest absolute Gasteiger partial charge is 0.197 e. The third-order valence-electron chi connectivity index (χ3n) is 5.14. The summed E-state index contributed by atoms with van der Waals surface area (Å²) in [6, 6.07) is 0. The molecule has 0 saturated carbocycles. The predicted molar refractivity (Wildman–Crippen MR) is 172 cm³/mol. The molecule has 16 heteroatoms. The van der Waals surface area contributed by atoms with E-state index in [0.717, 1.165) is 67.8 Å². The highest BCUT2D eigenvalue weighted by Crippen LogP contribution is 2.03. The van der Waals surface area contributed by atoms with Crippen molar-refractivity contribution in [3.05, 3.63) is 59.7 Å². The zero-order valence-electron chi connectivity index (χ0n) is 24.1. The molecule has 0 aliphatic heterocycles. The summed E-state index contributed by atoms with van der Waals surface area (Å²) in [6.45, 7) is 2.65. The van der Waals surface area contributed by atoms with Gasteiger partial charge in [-0.2, -0.15) is 0 Å². The molecule has 0 bridgehead atoms. The van der Waals surface area contributed by atoms with E-state index in [4.69, 9.17) is 45.9 Å². The van der Waals surface area contributed by atoms with Gasteiger partial charge in [-0.1, -0.05) is 12.2 Å². The summed E-state index contributed by atoms with van der Waals surface area (Å²) in [4.78, 5) is 27.0. The van der Waals surface area contributed by atoms with E-state index in [1.807, 2.05) is 24.3 Å². The lowest BCUT2D eigenvalue weighted by Crippen LogP contribution is -2.00. The number of nitrogen functional groups attached to an aromatic ring is 4. The van der Waals surface area contributed by atoms with Gasteiger partial charge in [0, 0.05) is 17.9 Å². The summed E-state index contributed by atoms with van der Waals surface area (Å²) in [5, 5.41) is 0. The fraction of sp³-hybridized carbons (Fsp3) is 0.385. The highest BCUT2D eigenvalue weighted by Gasteiger charge is 1.96. The van der Waals surface area contributed by atoms with Crippen molar-refractivity contribution in [3.63, 3.8) is 0 Å². The first kappa shape index (κ1) is 35.4. The van der Waals surface area contributed by atoms with Crippen molar-refractivity contribution in [2.45, 2.75) is 38.5 Å². The van der Waals surface area contributed by atoms with E-state index < -0.39 is 0 Å². The lowest BCUT2D eigenvalue weighted by Gasteiger charge is -1.94. The first-order valence-corrected chi connectivity index (χ1v) is 13.6. The second kappa shape index (κ2) is 22.1. The molecule has 0 aromatic carbocycles. The first-order valence-electron chi connectivity index (χ1n) is 13.6. The summed E-state index contributed by atoms with van der Waals surface area (Å²) in [7, 11) is 0. The molecule has 42 heavy (non-hydrogen) atoms. The standard InChI is InChI=1S/C7H14N4.C7H12N4.C6H12N4.C6H10N4/c2*8-4-2-1-3-6-5-10-7(9)11-6;2*7-3-1-2-5-4-9-6(8)10-5/h5H,1-4,8H2,(H3,9,10,11);1,3,5H,2,4,8H2,(H3,9,10,11);4H,1-3,7H2,(H3,8,9,10);1-2,4H,3,7H2,(H3,8,9,10)/b;3-1+;;2-1+. The van der Waals surface area contributed by atoms with Crippen LogP contribution >= 0.6 is 0 Å². The van der Waals surface area contributed by atoms with Gasteiger partial charge >= 0.3 is 0 Å². The first-order chi connectivity index (χ1) is 20.3. The minimum absolute atomic E-state index is 0.427. The third-order valence-corrected chi connectivity index (χ3v) is 5.14. The van der Waals surface area contributed by atoms with Crippen LogP contribution in [0.5, 0.6) is 0 Å². The van der Waals surface area contributed by atoms with Crippen LogP contribution in [0.1, 0.15) is 48.5 Å². The highest BCUT2D eigenvalue weighted by molar-refractivity contribution is 5.46. The average Bonchev–Trinajstić information content (AvgIpc) is 3.78. The molecule has 4 heterocycles. The molecule has 232 valence electrons. The van der Waals surface area contributed by atoms with Crippen LogP contribution < -0.4 is 45.9 Å². The molecule has 0 unspecified atom stereocenters. The normalized spacial score (nSPS) is 10.6. The Bertz CT molecular complexity index is 1250. The number of nitrogens with two attached hydrogens (primary N) is 8. The number of aromatic amines is 4. The zero-order valence-corrected chi connectivity index (χ0v) is 24.1. The molecule has 0 aliphatic carbocycles. The van der Waals surface area contributed by atoms with Gasteiger partial charge in [0.15, 0.2) is 23.8 Å². The number of anilines is 4. The third kappa shape index (κ3) is 17.1. The number of nitrogens with zero attached hydrogens (tertiary/aromatic N) is 4. The number of rotatable bonds is 12. The van der Waals surface area contributed by atoms with Crippen LogP contribution in [0, 0.1) is 0 Å². The van der Waals surface area contributed by atoms with Gasteiger partial charge in [-0.25, -0.2) is 19.9 Å². The van der Waals surface area contributed by atoms with Gasteiger partial charge in [0.2, 0.25) is 0 Å². The molecule has 4 rings (SSSR count). The van der Waals surface area contributed by atoms with E-state index in [2.05, 4.69) is 39.9 Å². The van der Waals surface area contributed by atoms with E-state index in [-0.39, 0.29) is 0 Å². The Balaban J connectivity index is 0.000000280. The van der Waals surface area contributed by atoms with Crippen molar-refractivity contribution in [2.24, 2.45) is 22.9 Å². The van der Waals surface area contributed by atoms with Crippen LogP contribution in [-0.2, 0) is 12.8 Å². The topological polar surface area (TPSA) is 323 Å². The fourth-order valence-corrected chi connectivity index (χ4v) is 3.13. The molecule has 16 nitrogen and oxygen atoms in total. The van der Waals surface area contributed by atoms with Gasteiger partial charge in [0.1, 0.15) is 0 Å². The molecule has 0 spiro atoms. The van der Waals surface area contributed by atoms with E-state index in [1.54, 1.807) is 24.8 Å². The lowest BCUT2D eigenvalue weighted by molar-refractivity contribution is 0.735. The number of nitrogens with one attached hydrogen (secondary N) is 4. The maximum absolute atomic E-state index is 5.39. The second-order valence-electron chi connectivity index (χ2n) is 8.79. The van der Waals surface area contributed by atoms with Crippen LogP contribution in [0.3, 0.4) is 0 Å². The fourth-order valence-electron chi connectivity index (χ4n) is 3.13. The second-order valence-corrected chi connectivity index (χ2v) is 8.79. The molecule has 0 fully saturated rings. The molecule has 0 saturated heterocycles. The van der Waals surface area contributed by atoms with Gasteiger partial charge in [0.25, 0.3) is 0 Å². The van der Waals surface area contributed by atoms with Gasteiger partial charge < -0.3 is 65.8 Å². The molecular formula is C26H48N16. The van der Waals surface area contributed by atoms with Crippen molar-refractivity contribution in [1.29, 1.82) is 0 Å². The number of H-pyrrole nitrogens is 4. The van der Waals surface area contributed by atoms with Gasteiger partial charge in [-0.3, -0.25) is 0 Å². The summed E-state index contributed by atoms with van der Waals surface area (Å²) in [5.74, 6) is 1.84. The number of hydrogen-bond acceptors (Lipinski definition) is 12. The van der Waals surface area contributed by atoms with Crippen LogP contribution in [0.15, 0.2) is 36.9 Å². The molecular weight excluding hydrogens is 536 g/mol. The van der Waals surface area contributed by atoms with Crippen molar-refractivity contribution in [3.8, 4) is 0 Å². The monoisotopic (exact) mass is 584 g/mol. The molecule has 0 aliphatic rings. The molecule has 20 N–H and O–H groups in total. The molecule has 4 aromatic heterocycles. The Hall–Kier alpha value is -4.64. The number of hydrogen-bond donors (Lipinski definition) is 12. The van der Waals surface area contributed by atoms with E-state index in [1.165, 1.54) is 0 Å². The van der Waals surface area contributed by atoms with Crippen LogP contribution in [0.25, 0.3) is 12.2 Å². The van der Waals surface area contributed by atoms with E-state index in [0.29, 0.717) is 43.4 Å². The van der Waals surface area contributed by atoms with Crippen molar-refractivity contribution < 1.29 is 0 Å². The van der Waals surface area contributed by atoms with Gasteiger partial charge in [-0.15, -0.1) is 0 Å². The summed E-state index contributed by atoms with van der Waals surface area (Å²) < 4.78 is 0. The van der Waals surface area contributed by atoms with Crippen LogP contribution in [0.2, 0.25) is 0 Å². The predicted octanol–water partition coefficient (Wildman–Crippen LogP) is 0.474. The number of aryl methyl sites for hydroxylation is 2. The molecule has 0 radical (unpaired) electrons. The van der Waals surface area contributed by atoms with E-state index >= 15 is 0 Å².